The normalized spacial score (nSPS) is 10.7. The maximum absolute atomic E-state index is 13.0. The van der Waals surface area contributed by atoms with Gasteiger partial charge in [0.15, 0.2) is 0 Å². The predicted octanol–water partition coefficient (Wildman–Crippen LogP) is 6.95. The highest BCUT2D eigenvalue weighted by molar-refractivity contribution is 14.1. The molecule has 0 bridgehead atoms. The summed E-state index contributed by atoms with van der Waals surface area (Å²) in [6.45, 7) is 0. The first kappa shape index (κ1) is 23.2. The van der Waals surface area contributed by atoms with Crippen LogP contribution in [0.2, 0.25) is 0 Å². The van der Waals surface area contributed by atoms with Crippen molar-refractivity contribution >= 4 is 113 Å². The third-order valence-corrected chi connectivity index (χ3v) is 9.45. The standard InChI is InChI=1S/C19H11BrI3NO4S/c1-28-16-14(22)10(6-11(21)15(16)23)18(25)24-12-7-29-17(13(12)19(26)27)8-3-2-4-9(20)5-8/h2-7H,1H3,(H,24,25)(H,26,27). The summed E-state index contributed by atoms with van der Waals surface area (Å²) in [5, 5.41) is 14.2. The van der Waals surface area contributed by atoms with Crippen molar-refractivity contribution in [3.8, 4) is 16.2 Å². The molecule has 29 heavy (non-hydrogen) atoms. The van der Waals surface area contributed by atoms with Gasteiger partial charge in [-0.2, -0.15) is 0 Å². The van der Waals surface area contributed by atoms with Gasteiger partial charge in [-0.25, -0.2) is 4.79 Å². The molecule has 1 amide bonds. The van der Waals surface area contributed by atoms with Crippen LogP contribution in [-0.2, 0) is 0 Å². The molecule has 0 saturated heterocycles. The van der Waals surface area contributed by atoms with E-state index in [0.29, 0.717) is 19.8 Å². The van der Waals surface area contributed by atoms with E-state index < -0.39 is 5.97 Å². The number of anilines is 1. The number of nitrogens with one attached hydrogen (secondary N) is 1. The van der Waals surface area contributed by atoms with Gasteiger partial charge in [-0.05, 0) is 91.5 Å². The second kappa shape index (κ2) is 9.78. The van der Waals surface area contributed by atoms with Crippen molar-refractivity contribution < 1.29 is 19.4 Å². The van der Waals surface area contributed by atoms with Gasteiger partial charge in [-0.15, -0.1) is 11.3 Å². The second-order valence-corrected chi connectivity index (χ2v) is 10.8. The molecule has 1 heterocycles. The highest BCUT2D eigenvalue weighted by Gasteiger charge is 2.24. The zero-order valence-corrected chi connectivity index (χ0v) is 23.4. The van der Waals surface area contributed by atoms with Crippen LogP contribution in [0.15, 0.2) is 40.2 Å². The molecule has 0 spiro atoms. The van der Waals surface area contributed by atoms with Gasteiger partial charge < -0.3 is 15.2 Å². The van der Waals surface area contributed by atoms with E-state index in [-0.39, 0.29) is 17.2 Å². The highest BCUT2D eigenvalue weighted by atomic mass is 127. The molecule has 2 aromatic carbocycles. The van der Waals surface area contributed by atoms with Crippen LogP contribution in [0.1, 0.15) is 20.7 Å². The number of carboxylic acids is 1. The first-order valence-corrected chi connectivity index (χ1v) is 12.8. The minimum absolute atomic E-state index is 0.0728. The van der Waals surface area contributed by atoms with E-state index in [1.54, 1.807) is 18.6 Å². The summed E-state index contributed by atoms with van der Waals surface area (Å²) in [5.41, 5.74) is 1.54. The van der Waals surface area contributed by atoms with E-state index in [1.165, 1.54) is 11.3 Å². The van der Waals surface area contributed by atoms with Crippen LogP contribution in [-0.4, -0.2) is 24.1 Å². The SMILES string of the molecule is COc1c(I)c(I)cc(C(=O)Nc2csc(-c3cccc(Br)c3)c2C(=O)O)c1I. The Bertz CT molecular complexity index is 1130. The fraction of sp³-hybridized carbons (Fsp3) is 0.0526. The van der Waals surface area contributed by atoms with Crippen molar-refractivity contribution in [2.45, 2.75) is 0 Å². The third kappa shape index (κ3) is 4.91. The Morgan fingerprint density at radius 3 is 2.52 bits per heavy atom. The highest BCUT2D eigenvalue weighted by Crippen LogP contribution is 2.38. The summed E-state index contributed by atoms with van der Waals surface area (Å²) in [7, 11) is 1.56. The average Bonchev–Trinajstić information content (AvgIpc) is 3.09. The molecule has 0 unspecified atom stereocenters. The summed E-state index contributed by atoms with van der Waals surface area (Å²) in [6.07, 6.45) is 0. The van der Waals surface area contributed by atoms with Gasteiger partial charge in [0.2, 0.25) is 0 Å². The monoisotopic (exact) mass is 809 g/mol. The minimum Gasteiger partial charge on any atom is -0.494 e. The van der Waals surface area contributed by atoms with Crippen molar-refractivity contribution in [1.82, 2.24) is 0 Å². The number of aromatic carboxylic acids is 1. The number of rotatable bonds is 5. The summed E-state index contributed by atoms with van der Waals surface area (Å²) in [6, 6.07) is 9.16. The lowest BCUT2D eigenvalue weighted by Crippen LogP contribution is -2.16. The number of thiophene rings is 1. The molecule has 1 aromatic heterocycles. The van der Waals surface area contributed by atoms with Gasteiger partial charge in [-0.3, -0.25) is 4.79 Å². The topological polar surface area (TPSA) is 75.6 Å². The Kier molecular flexibility index (Phi) is 7.83. The van der Waals surface area contributed by atoms with Crippen LogP contribution < -0.4 is 10.1 Å². The van der Waals surface area contributed by atoms with E-state index in [9.17, 15) is 14.7 Å². The van der Waals surface area contributed by atoms with Gasteiger partial charge in [0, 0.05) is 13.4 Å². The third-order valence-electron chi connectivity index (χ3n) is 3.90. The lowest BCUT2D eigenvalue weighted by atomic mass is 10.1. The molecule has 0 aliphatic carbocycles. The molecule has 3 rings (SSSR count). The van der Waals surface area contributed by atoms with Crippen LogP contribution in [0, 0.1) is 10.7 Å². The molecular formula is C19H11BrI3NO4S. The molecule has 2 N–H and O–H groups in total. The first-order chi connectivity index (χ1) is 13.7. The summed E-state index contributed by atoms with van der Waals surface area (Å²) < 4.78 is 8.76. The number of carbonyl (C=O) groups excluding carboxylic acids is 1. The van der Waals surface area contributed by atoms with Crippen LogP contribution in [0.3, 0.4) is 0 Å². The predicted molar refractivity (Wildman–Crippen MR) is 144 cm³/mol. The second-order valence-electron chi connectivity index (χ2n) is 5.69. The summed E-state index contributed by atoms with van der Waals surface area (Å²) >= 11 is 11.1. The first-order valence-electron chi connectivity index (χ1n) is 7.88. The van der Waals surface area contributed by atoms with Crippen LogP contribution in [0.4, 0.5) is 5.69 Å². The molecule has 0 radical (unpaired) electrons. The summed E-state index contributed by atoms with van der Waals surface area (Å²) in [5.74, 6) is -0.856. The Morgan fingerprint density at radius 2 is 1.90 bits per heavy atom. The fourth-order valence-electron chi connectivity index (χ4n) is 2.62. The van der Waals surface area contributed by atoms with Crippen molar-refractivity contribution in [1.29, 1.82) is 0 Å². The smallest absolute Gasteiger partial charge is 0.339 e. The molecule has 0 aliphatic heterocycles. The van der Waals surface area contributed by atoms with Gasteiger partial charge in [0.25, 0.3) is 5.91 Å². The zero-order valence-electron chi connectivity index (χ0n) is 14.6. The molecule has 0 saturated carbocycles. The van der Waals surface area contributed by atoms with Crippen LogP contribution in [0.25, 0.3) is 10.4 Å². The molecule has 0 aliphatic rings. The number of carboxylic acid groups (broad SMARTS) is 1. The number of halogens is 4. The zero-order chi connectivity index (χ0) is 21.3. The number of amides is 1. The van der Waals surface area contributed by atoms with Gasteiger partial charge in [-0.1, -0.05) is 28.1 Å². The van der Waals surface area contributed by atoms with Crippen LogP contribution >= 0.6 is 95.0 Å². The number of hydrogen-bond acceptors (Lipinski definition) is 4. The number of hydrogen-bond donors (Lipinski definition) is 2. The largest absolute Gasteiger partial charge is 0.494 e. The van der Waals surface area contributed by atoms with Crippen molar-refractivity contribution in [2.24, 2.45) is 0 Å². The van der Waals surface area contributed by atoms with Gasteiger partial charge in [0.05, 0.1) is 30.4 Å². The Morgan fingerprint density at radius 1 is 1.17 bits per heavy atom. The Hall–Kier alpha value is -0.450. The fourth-order valence-corrected chi connectivity index (χ4v) is 6.62. The van der Waals surface area contributed by atoms with E-state index in [1.807, 2.05) is 24.3 Å². The van der Waals surface area contributed by atoms with E-state index in [0.717, 1.165) is 17.2 Å². The maximum Gasteiger partial charge on any atom is 0.339 e. The van der Waals surface area contributed by atoms with E-state index >= 15 is 0 Å². The summed E-state index contributed by atoms with van der Waals surface area (Å²) in [4.78, 5) is 25.5. The molecular weight excluding hydrogens is 799 g/mol. The lowest BCUT2D eigenvalue weighted by molar-refractivity contribution is 0.0699. The van der Waals surface area contributed by atoms with Gasteiger partial charge in [0.1, 0.15) is 11.3 Å². The minimum atomic E-state index is -1.10. The molecule has 5 nitrogen and oxygen atoms in total. The average molecular weight is 810 g/mol. The quantitative estimate of drug-likeness (QED) is 0.216. The molecule has 150 valence electrons. The number of ether oxygens (including phenoxy) is 1. The van der Waals surface area contributed by atoms with E-state index in [4.69, 9.17) is 4.74 Å². The Labute approximate surface area is 220 Å². The number of carbonyl (C=O) groups is 2. The number of benzene rings is 2. The van der Waals surface area contributed by atoms with Gasteiger partial charge >= 0.3 is 5.97 Å². The van der Waals surface area contributed by atoms with E-state index in [2.05, 4.69) is 89.0 Å². The van der Waals surface area contributed by atoms with Crippen molar-refractivity contribution in [3.05, 3.63) is 62.0 Å². The van der Waals surface area contributed by atoms with Crippen molar-refractivity contribution in [3.63, 3.8) is 0 Å². The lowest BCUT2D eigenvalue weighted by Gasteiger charge is -2.13. The molecule has 10 heteroatoms. The van der Waals surface area contributed by atoms with Crippen LogP contribution in [0.5, 0.6) is 5.75 Å². The van der Waals surface area contributed by atoms with Crippen molar-refractivity contribution in [2.75, 3.05) is 12.4 Å². The maximum atomic E-state index is 13.0. The molecule has 0 fully saturated rings. The number of methoxy groups -OCH3 is 1. The molecule has 3 aromatic rings. The molecule has 0 atom stereocenters. The Balaban J connectivity index is 2.03.